The number of aryl methyl sites for hydroxylation is 1. The molecule has 0 amide bonds. The number of para-hydroxylation sites is 1. The molecule has 0 aliphatic carbocycles. The van der Waals surface area contributed by atoms with Crippen LogP contribution in [0.2, 0.25) is 10.0 Å². The van der Waals surface area contributed by atoms with Crippen LogP contribution in [-0.2, 0) is 4.74 Å². The van der Waals surface area contributed by atoms with Crippen molar-refractivity contribution >= 4 is 29.2 Å². The van der Waals surface area contributed by atoms with E-state index in [4.69, 9.17) is 27.9 Å². The number of carbonyl (C=O) groups is 1. The first kappa shape index (κ1) is 20.9. The molecule has 1 aliphatic heterocycles. The van der Waals surface area contributed by atoms with Crippen LogP contribution in [0.3, 0.4) is 0 Å². The smallest absolute Gasteiger partial charge is 0.401 e. The molecule has 28 heavy (non-hydrogen) atoms. The number of rotatable bonds is 4. The lowest BCUT2D eigenvalue weighted by Crippen LogP contribution is -2.42. The van der Waals surface area contributed by atoms with Crippen molar-refractivity contribution in [2.24, 2.45) is 0 Å². The standard InChI is InChI=1S/C17H17Cl2F3N4O2/c1-10-23-15(24-26(10)14-12(18)3-2-4-13(14)19)16(27)28-11-5-7-25(8-6-11)9-17(20,21)22/h2-4,11H,5-9H2,1H3. The third-order valence-electron chi connectivity index (χ3n) is 4.31. The molecule has 6 nitrogen and oxygen atoms in total. The van der Waals surface area contributed by atoms with Gasteiger partial charge in [-0.1, -0.05) is 29.3 Å². The Balaban J connectivity index is 1.65. The van der Waals surface area contributed by atoms with Gasteiger partial charge in [0.25, 0.3) is 5.82 Å². The summed E-state index contributed by atoms with van der Waals surface area (Å²) in [5.41, 5.74) is 0.398. The topological polar surface area (TPSA) is 60.2 Å². The molecule has 2 heterocycles. The molecule has 0 bridgehead atoms. The number of benzene rings is 1. The van der Waals surface area contributed by atoms with Crippen molar-refractivity contribution < 1.29 is 22.7 Å². The second-order valence-corrected chi connectivity index (χ2v) is 7.28. The second-order valence-electron chi connectivity index (χ2n) is 6.46. The Morgan fingerprint density at radius 1 is 1.25 bits per heavy atom. The summed E-state index contributed by atoms with van der Waals surface area (Å²) in [5, 5.41) is 4.82. The van der Waals surface area contributed by atoms with Crippen molar-refractivity contribution in [2.45, 2.75) is 32.0 Å². The van der Waals surface area contributed by atoms with Crippen molar-refractivity contribution in [3.05, 3.63) is 39.9 Å². The van der Waals surface area contributed by atoms with E-state index in [1.165, 1.54) is 9.58 Å². The summed E-state index contributed by atoms with van der Waals surface area (Å²) in [6.45, 7) is 1.08. The van der Waals surface area contributed by atoms with Crippen LogP contribution >= 0.6 is 23.2 Å². The lowest BCUT2D eigenvalue weighted by Gasteiger charge is -2.31. The van der Waals surface area contributed by atoms with Crippen LogP contribution in [0.15, 0.2) is 18.2 Å². The third kappa shape index (κ3) is 4.95. The van der Waals surface area contributed by atoms with E-state index in [1.807, 2.05) is 0 Å². The van der Waals surface area contributed by atoms with E-state index in [0.717, 1.165) is 0 Å². The quantitative estimate of drug-likeness (QED) is 0.676. The van der Waals surface area contributed by atoms with Gasteiger partial charge in [-0.3, -0.25) is 4.90 Å². The van der Waals surface area contributed by atoms with Gasteiger partial charge in [0.15, 0.2) is 0 Å². The maximum atomic E-state index is 12.4. The van der Waals surface area contributed by atoms with E-state index in [-0.39, 0.29) is 18.9 Å². The summed E-state index contributed by atoms with van der Waals surface area (Å²) < 4.78 is 44.0. The van der Waals surface area contributed by atoms with Crippen LogP contribution in [0.1, 0.15) is 29.3 Å². The first-order valence-corrected chi connectivity index (χ1v) is 9.28. The molecule has 1 saturated heterocycles. The number of aromatic nitrogens is 3. The number of carbonyl (C=O) groups excluding carboxylic acids is 1. The minimum atomic E-state index is -4.24. The summed E-state index contributed by atoms with van der Waals surface area (Å²) in [4.78, 5) is 17.8. The summed E-state index contributed by atoms with van der Waals surface area (Å²) >= 11 is 12.3. The molecule has 0 unspecified atom stereocenters. The van der Waals surface area contributed by atoms with Gasteiger partial charge in [0, 0.05) is 13.1 Å². The largest absolute Gasteiger partial charge is 0.456 e. The highest BCUT2D eigenvalue weighted by Gasteiger charge is 2.33. The number of hydrogen-bond acceptors (Lipinski definition) is 5. The Morgan fingerprint density at radius 3 is 2.43 bits per heavy atom. The van der Waals surface area contributed by atoms with Gasteiger partial charge < -0.3 is 4.74 Å². The molecule has 1 aromatic heterocycles. The monoisotopic (exact) mass is 436 g/mol. The number of ether oxygens (including phenoxy) is 1. The Hall–Kier alpha value is -1.84. The SMILES string of the molecule is Cc1nc(C(=O)OC2CCN(CC(F)(F)F)CC2)nn1-c1c(Cl)cccc1Cl. The fourth-order valence-corrected chi connectivity index (χ4v) is 3.58. The molecule has 3 rings (SSSR count). The molecule has 11 heteroatoms. The number of hydrogen-bond donors (Lipinski definition) is 0. The predicted octanol–water partition coefficient (Wildman–Crippen LogP) is 4.07. The summed E-state index contributed by atoms with van der Waals surface area (Å²) in [5.74, 6) is -0.507. The van der Waals surface area contributed by atoms with E-state index in [0.29, 0.717) is 34.4 Å². The highest BCUT2D eigenvalue weighted by molar-refractivity contribution is 6.37. The molecule has 1 aliphatic rings. The summed E-state index contributed by atoms with van der Waals surface area (Å²) in [6.07, 6.45) is -4.08. The highest BCUT2D eigenvalue weighted by atomic mass is 35.5. The zero-order valence-electron chi connectivity index (χ0n) is 14.8. The molecule has 0 spiro atoms. The van der Waals surface area contributed by atoms with E-state index >= 15 is 0 Å². The van der Waals surface area contributed by atoms with Crippen LogP contribution in [0, 0.1) is 6.92 Å². The Kier molecular flexibility index (Phi) is 6.16. The van der Waals surface area contributed by atoms with Crippen LogP contribution in [0.5, 0.6) is 0 Å². The Labute approximate surface area is 169 Å². The highest BCUT2D eigenvalue weighted by Crippen LogP contribution is 2.28. The van der Waals surface area contributed by atoms with Crippen LogP contribution < -0.4 is 0 Å². The fraction of sp³-hybridized carbons (Fsp3) is 0.471. The molecule has 152 valence electrons. The maximum absolute atomic E-state index is 12.4. The molecule has 1 aromatic carbocycles. The van der Waals surface area contributed by atoms with Gasteiger partial charge in [-0.05, 0) is 31.9 Å². The predicted molar refractivity (Wildman–Crippen MR) is 97.0 cm³/mol. The molecule has 1 fully saturated rings. The number of nitrogens with zero attached hydrogens (tertiary/aromatic N) is 4. The lowest BCUT2D eigenvalue weighted by atomic mass is 10.1. The van der Waals surface area contributed by atoms with Crippen LogP contribution in [0.25, 0.3) is 5.69 Å². The van der Waals surface area contributed by atoms with E-state index in [9.17, 15) is 18.0 Å². The third-order valence-corrected chi connectivity index (χ3v) is 4.92. The zero-order valence-corrected chi connectivity index (χ0v) is 16.4. The van der Waals surface area contributed by atoms with E-state index in [2.05, 4.69) is 10.1 Å². The van der Waals surface area contributed by atoms with Gasteiger partial charge in [-0.2, -0.15) is 13.2 Å². The number of alkyl halides is 3. The lowest BCUT2D eigenvalue weighted by molar-refractivity contribution is -0.150. The molecular formula is C17H17Cl2F3N4O2. The molecular weight excluding hydrogens is 420 g/mol. The zero-order chi connectivity index (χ0) is 20.5. The van der Waals surface area contributed by atoms with Crippen molar-refractivity contribution in [3.63, 3.8) is 0 Å². The molecule has 0 saturated carbocycles. The minimum absolute atomic E-state index is 0.161. The summed E-state index contributed by atoms with van der Waals surface area (Å²) in [7, 11) is 0. The van der Waals surface area contributed by atoms with E-state index in [1.54, 1.807) is 25.1 Å². The van der Waals surface area contributed by atoms with Crippen molar-refractivity contribution in [1.29, 1.82) is 0 Å². The fourth-order valence-electron chi connectivity index (χ4n) is 3.02. The molecule has 0 N–H and O–H groups in total. The van der Waals surface area contributed by atoms with Crippen LogP contribution in [0.4, 0.5) is 13.2 Å². The van der Waals surface area contributed by atoms with Gasteiger partial charge in [-0.15, -0.1) is 5.10 Å². The minimum Gasteiger partial charge on any atom is -0.456 e. The molecule has 0 atom stereocenters. The van der Waals surface area contributed by atoms with E-state index < -0.39 is 24.8 Å². The first-order chi connectivity index (χ1) is 13.1. The van der Waals surface area contributed by atoms with Gasteiger partial charge in [0.05, 0.1) is 16.6 Å². The average Bonchev–Trinajstić information content (AvgIpc) is 2.97. The van der Waals surface area contributed by atoms with Gasteiger partial charge in [0.2, 0.25) is 0 Å². The molecule has 2 aromatic rings. The Morgan fingerprint density at radius 2 is 1.86 bits per heavy atom. The number of esters is 1. The van der Waals surface area contributed by atoms with Crippen molar-refractivity contribution in [1.82, 2.24) is 19.7 Å². The number of piperidine rings is 1. The van der Waals surface area contributed by atoms with Gasteiger partial charge in [0.1, 0.15) is 17.6 Å². The van der Waals surface area contributed by atoms with Crippen molar-refractivity contribution in [2.75, 3.05) is 19.6 Å². The second kappa shape index (κ2) is 8.26. The van der Waals surface area contributed by atoms with Gasteiger partial charge in [-0.25, -0.2) is 14.5 Å². The number of halogens is 5. The Bertz CT molecular complexity index is 844. The number of likely N-dealkylation sites (tertiary alicyclic amines) is 1. The first-order valence-electron chi connectivity index (χ1n) is 8.52. The van der Waals surface area contributed by atoms with Crippen molar-refractivity contribution in [3.8, 4) is 5.69 Å². The molecule has 0 radical (unpaired) electrons. The maximum Gasteiger partial charge on any atom is 0.401 e. The normalized spacial score (nSPS) is 16.4. The average molecular weight is 437 g/mol. The van der Waals surface area contributed by atoms with Gasteiger partial charge >= 0.3 is 12.1 Å². The summed E-state index contributed by atoms with van der Waals surface area (Å²) in [6, 6.07) is 4.95. The van der Waals surface area contributed by atoms with Crippen LogP contribution in [-0.4, -0.2) is 57.5 Å².